The second-order valence-electron chi connectivity index (χ2n) is 4.43. The van der Waals surface area contributed by atoms with Gasteiger partial charge in [-0.25, -0.2) is 4.39 Å². The van der Waals surface area contributed by atoms with Crippen LogP contribution in [0.5, 0.6) is 0 Å². The zero-order chi connectivity index (χ0) is 12.8. The molecule has 1 aromatic carbocycles. The Hall–Kier alpha value is -1.64. The van der Waals surface area contributed by atoms with Crippen LogP contribution in [0.25, 0.3) is 6.08 Å². The molecule has 0 spiro atoms. The number of benzene rings is 1. The summed E-state index contributed by atoms with van der Waals surface area (Å²) in [6.07, 6.45) is 3.13. The van der Waals surface area contributed by atoms with Gasteiger partial charge in [0.15, 0.2) is 0 Å². The summed E-state index contributed by atoms with van der Waals surface area (Å²) < 4.78 is 12.6. The lowest BCUT2D eigenvalue weighted by Crippen LogP contribution is -2.34. The van der Waals surface area contributed by atoms with Gasteiger partial charge in [0.25, 0.3) is 0 Å². The molecule has 1 rings (SSSR count). The fraction of sp³-hybridized carbons (Fsp3) is 0.357. The van der Waals surface area contributed by atoms with Crippen molar-refractivity contribution < 1.29 is 9.18 Å². The zero-order valence-electron chi connectivity index (χ0n) is 10.4. The number of carbonyl (C=O) groups is 1. The maximum atomic E-state index is 12.6. The van der Waals surface area contributed by atoms with E-state index in [1.807, 2.05) is 6.92 Å². The van der Waals surface area contributed by atoms with Crippen molar-refractivity contribution in [2.45, 2.75) is 26.8 Å². The Labute approximate surface area is 102 Å². The van der Waals surface area contributed by atoms with Gasteiger partial charge in [0.2, 0.25) is 5.91 Å². The van der Waals surface area contributed by atoms with E-state index in [4.69, 9.17) is 0 Å². The second kappa shape index (κ2) is 6.18. The number of hydrogen-bond acceptors (Lipinski definition) is 1. The summed E-state index contributed by atoms with van der Waals surface area (Å²) >= 11 is 0. The summed E-state index contributed by atoms with van der Waals surface area (Å²) in [7, 11) is 0. The van der Waals surface area contributed by atoms with Crippen LogP contribution >= 0.6 is 0 Å². The van der Waals surface area contributed by atoms with Crippen molar-refractivity contribution in [2.75, 3.05) is 0 Å². The van der Waals surface area contributed by atoms with Crippen molar-refractivity contribution in [3.05, 3.63) is 41.7 Å². The van der Waals surface area contributed by atoms with Gasteiger partial charge in [-0.15, -0.1) is 0 Å². The fourth-order valence-electron chi connectivity index (χ4n) is 1.18. The van der Waals surface area contributed by atoms with E-state index in [0.717, 1.165) is 5.56 Å². The van der Waals surface area contributed by atoms with E-state index in [9.17, 15) is 9.18 Å². The van der Waals surface area contributed by atoms with E-state index in [2.05, 4.69) is 19.2 Å². The Bertz CT molecular complexity index is 395. The molecule has 0 bridgehead atoms. The summed E-state index contributed by atoms with van der Waals surface area (Å²) in [6.45, 7) is 6.07. The topological polar surface area (TPSA) is 29.1 Å². The first-order chi connectivity index (χ1) is 7.99. The van der Waals surface area contributed by atoms with Crippen LogP contribution in [0.1, 0.15) is 26.3 Å². The van der Waals surface area contributed by atoms with Crippen LogP contribution in [0.2, 0.25) is 0 Å². The molecule has 1 amide bonds. The molecule has 1 aromatic rings. The van der Waals surface area contributed by atoms with Crippen molar-refractivity contribution in [3.8, 4) is 0 Å². The standard InChI is InChI=1S/C14H18FNO/c1-10(2)11(3)16-14(17)9-6-12-4-7-13(15)8-5-12/h4-11H,1-3H3,(H,16,17)/b9-6+/t11-/m0/s1. The highest BCUT2D eigenvalue weighted by molar-refractivity contribution is 5.91. The first-order valence-electron chi connectivity index (χ1n) is 5.73. The molecule has 2 nitrogen and oxygen atoms in total. The van der Waals surface area contributed by atoms with E-state index < -0.39 is 0 Å². The Morgan fingerprint density at radius 3 is 2.35 bits per heavy atom. The molecular formula is C14H18FNO. The van der Waals surface area contributed by atoms with Crippen molar-refractivity contribution in [3.63, 3.8) is 0 Å². The smallest absolute Gasteiger partial charge is 0.244 e. The van der Waals surface area contributed by atoms with Crippen molar-refractivity contribution >= 4 is 12.0 Å². The summed E-state index contributed by atoms with van der Waals surface area (Å²) in [5.74, 6) is -0.00581. The molecule has 1 N–H and O–H groups in total. The summed E-state index contributed by atoms with van der Waals surface area (Å²) in [4.78, 5) is 11.5. The van der Waals surface area contributed by atoms with Gasteiger partial charge in [-0.1, -0.05) is 26.0 Å². The number of carbonyl (C=O) groups excluding carboxylic acids is 1. The largest absolute Gasteiger partial charge is 0.350 e. The third-order valence-electron chi connectivity index (χ3n) is 2.67. The maximum absolute atomic E-state index is 12.6. The SMILES string of the molecule is CC(C)[C@H](C)NC(=O)/C=C/c1ccc(F)cc1. The Morgan fingerprint density at radius 1 is 1.24 bits per heavy atom. The van der Waals surface area contributed by atoms with Gasteiger partial charge in [-0.05, 0) is 36.6 Å². The van der Waals surface area contributed by atoms with E-state index in [1.165, 1.54) is 18.2 Å². The minimum absolute atomic E-state index is 0.129. The van der Waals surface area contributed by atoms with E-state index >= 15 is 0 Å². The van der Waals surface area contributed by atoms with Crippen LogP contribution in [0, 0.1) is 11.7 Å². The van der Waals surface area contributed by atoms with Crippen LogP contribution in [-0.4, -0.2) is 11.9 Å². The molecule has 3 heteroatoms. The molecule has 0 saturated carbocycles. The molecule has 0 saturated heterocycles. The fourth-order valence-corrected chi connectivity index (χ4v) is 1.18. The molecule has 0 fully saturated rings. The number of nitrogens with one attached hydrogen (secondary N) is 1. The van der Waals surface area contributed by atoms with Gasteiger partial charge >= 0.3 is 0 Å². The van der Waals surface area contributed by atoms with E-state index in [0.29, 0.717) is 5.92 Å². The minimum atomic E-state index is -0.278. The third-order valence-corrected chi connectivity index (χ3v) is 2.67. The lowest BCUT2D eigenvalue weighted by Gasteiger charge is -2.15. The van der Waals surface area contributed by atoms with Crippen molar-refractivity contribution in [2.24, 2.45) is 5.92 Å². The number of halogens is 1. The van der Waals surface area contributed by atoms with Gasteiger partial charge in [-0.2, -0.15) is 0 Å². The molecule has 0 aliphatic carbocycles. The minimum Gasteiger partial charge on any atom is -0.350 e. The number of amides is 1. The summed E-state index contributed by atoms with van der Waals surface area (Å²) in [6, 6.07) is 6.14. The highest BCUT2D eigenvalue weighted by Crippen LogP contribution is 2.05. The average Bonchev–Trinajstić information content (AvgIpc) is 2.28. The van der Waals surface area contributed by atoms with Gasteiger partial charge in [-0.3, -0.25) is 4.79 Å². The van der Waals surface area contributed by atoms with Gasteiger partial charge < -0.3 is 5.32 Å². The molecule has 0 radical (unpaired) electrons. The van der Waals surface area contributed by atoms with Crippen LogP contribution in [-0.2, 0) is 4.79 Å². The maximum Gasteiger partial charge on any atom is 0.244 e. The highest BCUT2D eigenvalue weighted by atomic mass is 19.1. The molecule has 92 valence electrons. The van der Waals surface area contributed by atoms with Gasteiger partial charge in [0.05, 0.1) is 0 Å². The van der Waals surface area contributed by atoms with Crippen LogP contribution < -0.4 is 5.32 Å². The molecule has 0 heterocycles. The first kappa shape index (κ1) is 13.4. The molecule has 0 unspecified atom stereocenters. The van der Waals surface area contributed by atoms with E-state index in [1.54, 1.807) is 18.2 Å². The van der Waals surface area contributed by atoms with Crippen LogP contribution in [0.3, 0.4) is 0 Å². The van der Waals surface area contributed by atoms with E-state index in [-0.39, 0.29) is 17.8 Å². The Morgan fingerprint density at radius 2 is 1.82 bits per heavy atom. The Kier molecular flexibility index (Phi) is 4.88. The number of rotatable bonds is 4. The quantitative estimate of drug-likeness (QED) is 0.799. The van der Waals surface area contributed by atoms with Crippen LogP contribution in [0.15, 0.2) is 30.3 Å². The molecule has 17 heavy (non-hydrogen) atoms. The molecule has 0 aliphatic heterocycles. The summed E-state index contributed by atoms with van der Waals surface area (Å²) in [5.41, 5.74) is 0.804. The van der Waals surface area contributed by atoms with Crippen LogP contribution in [0.4, 0.5) is 4.39 Å². The lowest BCUT2D eigenvalue weighted by atomic mass is 10.1. The lowest BCUT2D eigenvalue weighted by molar-refractivity contribution is -0.117. The highest BCUT2D eigenvalue weighted by Gasteiger charge is 2.07. The van der Waals surface area contributed by atoms with Crippen molar-refractivity contribution in [1.82, 2.24) is 5.32 Å². The second-order valence-corrected chi connectivity index (χ2v) is 4.43. The summed E-state index contributed by atoms with van der Waals surface area (Å²) in [5, 5.41) is 2.86. The molecule has 0 aromatic heterocycles. The number of hydrogen-bond donors (Lipinski definition) is 1. The predicted octanol–water partition coefficient (Wildman–Crippen LogP) is 3.00. The third kappa shape index (κ3) is 4.81. The molecular weight excluding hydrogens is 217 g/mol. The van der Waals surface area contributed by atoms with Gasteiger partial charge in [0, 0.05) is 12.1 Å². The monoisotopic (exact) mass is 235 g/mol. The molecule has 1 atom stereocenters. The average molecular weight is 235 g/mol. The predicted molar refractivity (Wildman–Crippen MR) is 67.9 cm³/mol. The van der Waals surface area contributed by atoms with Gasteiger partial charge in [0.1, 0.15) is 5.82 Å². The Balaban J connectivity index is 2.53. The van der Waals surface area contributed by atoms with Crippen molar-refractivity contribution in [1.29, 1.82) is 0 Å². The zero-order valence-corrected chi connectivity index (χ0v) is 10.4. The molecule has 0 aliphatic rings. The first-order valence-corrected chi connectivity index (χ1v) is 5.73. The normalized spacial score (nSPS) is 13.0.